The van der Waals surface area contributed by atoms with Crippen LogP contribution in [-0.2, 0) is 6.61 Å². The monoisotopic (exact) mass is 272 g/mol. The highest BCUT2D eigenvalue weighted by atomic mass is 16.5. The maximum Gasteiger partial charge on any atom is 0.265 e. The van der Waals surface area contributed by atoms with Gasteiger partial charge >= 0.3 is 0 Å². The Balaban J connectivity index is 2.09. The maximum atomic E-state index is 11.4. The van der Waals surface area contributed by atoms with Gasteiger partial charge in [-0.3, -0.25) is 10.2 Å². The highest BCUT2D eigenvalue weighted by Gasteiger charge is 2.06. The molecule has 20 heavy (non-hydrogen) atoms. The number of amides is 1. The van der Waals surface area contributed by atoms with E-state index >= 15 is 0 Å². The maximum absolute atomic E-state index is 11.4. The zero-order valence-corrected chi connectivity index (χ0v) is 11.1. The molecule has 3 N–H and O–H groups in total. The minimum absolute atomic E-state index is 0.329. The highest BCUT2D eigenvalue weighted by molar-refractivity contribution is 5.93. The van der Waals surface area contributed by atoms with Gasteiger partial charge in [0.05, 0.1) is 7.11 Å². The van der Waals surface area contributed by atoms with Crippen LogP contribution in [0.15, 0.2) is 48.5 Å². The van der Waals surface area contributed by atoms with E-state index in [1.165, 1.54) is 0 Å². The number of nitrogens with one attached hydrogen (secondary N) is 1. The molecule has 2 aromatic rings. The second-order valence-electron chi connectivity index (χ2n) is 4.11. The Morgan fingerprint density at radius 1 is 1.15 bits per heavy atom. The molecule has 2 rings (SSSR count). The number of nitrogen functional groups attached to an aromatic ring is 1. The summed E-state index contributed by atoms with van der Waals surface area (Å²) in [5.41, 5.74) is 3.47. The third-order valence-electron chi connectivity index (χ3n) is 2.78. The van der Waals surface area contributed by atoms with Crippen molar-refractivity contribution in [3.05, 3.63) is 59.7 Å². The van der Waals surface area contributed by atoms with Crippen LogP contribution in [0.25, 0.3) is 0 Å². The summed E-state index contributed by atoms with van der Waals surface area (Å²) in [5, 5.41) is 0. The van der Waals surface area contributed by atoms with E-state index in [1.54, 1.807) is 25.3 Å². The Morgan fingerprint density at radius 3 is 2.60 bits per heavy atom. The highest BCUT2D eigenvalue weighted by Crippen LogP contribution is 2.26. The minimum atomic E-state index is -0.329. The number of benzene rings is 2. The van der Waals surface area contributed by atoms with Crippen molar-refractivity contribution in [1.29, 1.82) is 0 Å². The standard InChI is InChI=1S/C15H16N2O3/c1-19-13-7-2-3-8-14(13)20-10-11-5-4-6-12(9-11)15(18)17-16/h2-9H,10,16H2,1H3,(H,17,18). The molecule has 0 bridgehead atoms. The van der Waals surface area contributed by atoms with Crippen molar-refractivity contribution in [3.63, 3.8) is 0 Å². The quantitative estimate of drug-likeness (QED) is 0.495. The molecule has 5 heteroatoms. The third kappa shape index (κ3) is 3.27. The lowest BCUT2D eigenvalue weighted by Crippen LogP contribution is -2.30. The van der Waals surface area contributed by atoms with E-state index in [9.17, 15) is 4.79 Å². The summed E-state index contributed by atoms with van der Waals surface area (Å²) in [6.07, 6.45) is 0. The number of nitrogens with two attached hydrogens (primary N) is 1. The van der Waals surface area contributed by atoms with Crippen molar-refractivity contribution in [2.24, 2.45) is 5.84 Å². The molecule has 0 spiro atoms. The zero-order valence-electron chi connectivity index (χ0n) is 11.1. The van der Waals surface area contributed by atoms with Crippen LogP contribution in [0.3, 0.4) is 0 Å². The van der Waals surface area contributed by atoms with E-state index in [0.29, 0.717) is 23.7 Å². The van der Waals surface area contributed by atoms with Crippen molar-refractivity contribution >= 4 is 5.91 Å². The summed E-state index contributed by atoms with van der Waals surface area (Å²) >= 11 is 0. The molecule has 0 aliphatic heterocycles. The molecule has 0 aliphatic carbocycles. The molecule has 104 valence electrons. The predicted octanol–water partition coefficient (Wildman–Crippen LogP) is 1.88. The fourth-order valence-corrected chi connectivity index (χ4v) is 1.78. The van der Waals surface area contributed by atoms with Crippen LogP contribution in [0.5, 0.6) is 11.5 Å². The van der Waals surface area contributed by atoms with Gasteiger partial charge < -0.3 is 9.47 Å². The van der Waals surface area contributed by atoms with Gasteiger partial charge in [-0.2, -0.15) is 0 Å². The molecule has 1 amide bonds. The third-order valence-corrected chi connectivity index (χ3v) is 2.78. The minimum Gasteiger partial charge on any atom is -0.493 e. The fraction of sp³-hybridized carbons (Fsp3) is 0.133. The van der Waals surface area contributed by atoms with Gasteiger partial charge in [0.1, 0.15) is 6.61 Å². The molecule has 5 nitrogen and oxygen atoms in total. The number of carbonyl (C=O) groups excluding carboxylic acids is 1. The van der Waals surface area contributed by atoms with E-state index in [1.807, 2.05) is 30.3 Å². The predicted molar refractivity (Wildman–Crippen MR) is 75.4 cm³/mol. The van der Waals surface area contributed by atoms with Crippen LogP contribution in [-0.4, -0.2) is 13.0 Å². The summed E-state index contributed by atoms with van der Waals surface area (Å²) in [6, 6.07) is 14.5. The fourth-order valence-electron chi connectivity index (χ4n) is 1.78. The van der Waals surface area contributed by atoms with Gasteiger partial charge in [0, 0.05) is 5.56 Å². The van der Waals surface area contributed by atoms with E-state index < -0.39 is 0 Å². The number of para-hydroxylation sites is 2. The molecule has 2 aromatic carbocycles. The Morgan fingerprint density at radius 2 is 1.90 bits per heavy atom. The Kier molecular flexibility index (Phi) is 4.57. The molecular formula is C15H16N2O3. The van der Waals surface area contributed by atoms with Crippen LogP contribution in [0.1, 0.15) is 15.9 Å². The molecule has 0 saturated carbocycles. The van der Waals surface area contributed by atoms with Gasteiger partial charge in [-0.25, -0.2) is 5.84 Å². The first-order valence-electron chi connectivity index (χ1n) is 6.10. The summed E-state index contributed by atoms with van der Waals surface area (Å²) in [6.45, 7) is 0.339. The van der Waals surface area contributed by atoms with Gasteiger partial charge in [0.15, 0.2) is 11.5 Å². The molecule has 0 unspecified atom stereocenters. The Labute approximate surface area is 117 Å². The number of rotatable bonds is 5. The second kappa shape index (κ2) is 6.58. The van der Waals surface area contributed by atoms with Gasteiger partial charge in [-0.15, -0.1) is 0 Å². The van der Waals surface area contributed by atoms with Crippen molar-refractivity contribution in [3.8, 4) is 11.5 Å². The van der Waals surface area contributed by atoms with Gasteiger partial charge in [0.2, 0.25) is 0 Å². The molecule has 0 aliphatic rings. The van der Waals surface area contributed by atoms with Crippen molar-refractivity contribution in [1.82, 2.24) is 5.43 Å². The molecule has 0 fully saturated rings. The Hall–Kier alpha value is -2.53. The van der Waals surface area contributed by atoms with E-state index in [0.717, 1.165) is 5.56 Å². The van der Waals surface area contributed by atoms with E-state index in [-0.39, 0.29) is 5.91 Å². The van der Waals surface area contributed by atoms with Crippen LogP contribution in [0, 0.1) is 0 Å². The number of ether oxygens (including phenoxy) is 2. The number of methoxy groups -OCH3 is 1. The first-order chi connectivity index (χ1) is 9.74. The molecule has 0 heterocycles. The van der Waals surface area contributed by atoms with Gasteiger partial charge in [-0.1, -0.05) is 24.3 Å². The van der Waals surface area contributed by atoms with Crippen LogP contribution in [0.2, 0.25) is 0 Å². The average Bonchev–Trinajstić information content (AvgIpc) is 2.52. The topological polar surface area (TPSA) is 73.6 Å². The number of hydrogen-bond donors (Lipinski definition) is 2. The van der Waals surface area contributed by atoms with Crippen LogP contribution >= 0.6 is 0 Å². The van der Waals surface area contributed by atoms with E-state index in [2.05, 4.69) is 5.43 Å². The lowest BCUT2D eigenvalue weighted by Gasteiger charge is -2.10. The second-order valence-corrected chi connectivity index (χ2v) is 4.11. The van der Waals surface area contributed by atoms with Gasteiger partial charge in [-0.05, 0) is 29.8 Å². The van der Waals surface area contributed by atoms with Crippen LogP contribution < -0.4 is 20.7 Å². The van der Waals surface area contributed by atoms with Gasteiger partial charge in [0.25, 0.3) is 5.91 Å². The summed E-state index contributed by atoms with van der Waals surface area (Å²) in [7, 11) is 1.59. The smallest absolute Gasteiger partial charge is 0.265 e. The number of carbonyl (C=O) groups is 1. The summed E-state index contributed by atoms with van der Waals surface area (Å²) in [4.78, 5) is 11.4. The number of hydrazine groups is 1. The number of hydrogen-bond acceptors (Lipinski definition) is 4. The van der Waals surface area contributed by atoms with Crippen molar-refractivity contribution in [2.75, 3.05) is 7.11 Å². The largest absolute Gasteiger partial charge is 0.493 e. The Bertz CT molecular complexity index is 599. The lowest BCUT2D eigenvalue weighted by atomic mass is 10.1. The zero-order chi connectivity index (χ0) is 14.4. The van der Waals surface area contributed by atoms with Crippen molar-refractivity contribution < 1.29 is 14.3 Å². The molecule has 0 radical (unpaired) electrons. The first-order valence-corrected chi connectivity index (χ1v) is 6.10. The molecule has 0 saturated heterocycles. The SMILES string of the molecule is COc1ccccc1OCc1cccc(C(=O)NN)c1. The normalized spacial score (nSPS) is 9.90. The lowest BCUT2D eigenvalue weighted by molar-refractivity contribution is 0.0953. The first kappa shape index (κ1) is 13.9. The van der Waals surface area contributed by atoms with E-state index in [4.69, 9.17) is 15.3 Å². The molecule has 0 aromatic heterocycles. The van der Waals surface area contributed by atoms with Crippen LogP contribution in [0.4, 0.5) is 0 Å². The summed E-state index contributed by atoms with van der Waals surface area (Å²) in [5.74, 6) is 6.11. The molecular weight excluding hydrogens is 256 g/mol. The average molecular weight is 272 g/mol. The van der Waals surface area contributed by atoms with Crippen molar-refractivity contribution in [2.45, 2.75) is 6.61 Å². The molecule has 0 atom stereocenters. The summed E-state index contributed by atoms with van der Waals surface area (Å²) < 4.78 is 10.9.